The van der Waals surface area contributed by atoms with Crippen LogP contribution in [0.4, 0.5) is 5.13 Å². The lowest BCUT2D eigenvalue weighted by molar-refractivity contribution is 0.102. The summed E-state index contributed by atoms with van der Waals surface area (Å²) in [5.41, 5.74) is 1.21. The molecule has 0 radical (unpaired) electrons. The molecule has 0 unspecified atom stereocenters. The van der Waals surface area contributed by atoms with Gasteiger partial charge in [0.05, 0.1) is 20.7 Å². The number of hydrogen-bond acceptors (Lipinski definition) is 5. The lowest BCUT2D eigenvalue weighted by Gasteiger charge is -2.14. The van der Waals surface area contributed by atoms with Crippen molar-refractivity contribution < 1.29 is 13.2 Å². The number of amides is 1. The molecule has 136 valence electrons. The monoisotopic (exact) mass is 501 g/mol. The Bertz CT molecular complexity index is 1080. The summed E-state index contributed by atoms with van der Waals surface area (Å²) >= 11 is 3.35. The average molecular weight is 501 g/mol. The number of nitrogens with zero attached hydrogens (tertiary/aromatic N) is 2. The van der Waals surface area contributed by atoms with Crippen LogP contribution in [0.1, 0.15) is 17.3 Å². The predicted molar refractivity (Wildman–Crippen MR) is 112 cm³/mol. The fraction of sp³-hybridized carbons (Fsp3) is 0.176. The summed E-state index contributed by atoms with van der Waals surface area (Å²) in [5, 5.41) is 3.22. The van der Waals surface area contributed by atoms with Crippen molar-refractivity contribution in [2.45, 2.75) is 11.8 Å². The standard InChI is InChI=1S/C17H16IN3O3S2/c1-3-21(2)26(23,24)11-8-9-14-15(10-11)25-17(19-14)20-16(22)12-6-4-5-7-13(12)18/h4-10H,3H2,1-2H3,(H,19,20,22). The Morgan fingerprint density at radius 1 is 1.27 bits per heavy atom. The van der Waals surface area contributed by atoms with E-state index in [0.29, 0.717) is 27.5 Å². The lowest BCUT2D eigenvalue weighted by Crippen LogP contribution is -2.26. The molecule has 0 saturated heterocycles. The molecule has 3 rings (SSSR count). The maximum Gasteiger partial charge on any atom is 0.258 e. The van der Waals surface area contributed by atoms with Crippen LogP contribution in [-0.4, -0.2) is 37.2 Å². The zero-order valence-corrected chi connectivity index (χ0v) is 17.9. The van der Waals surface area contributed by atoms with Crippen molar-refractivity contribution >= 4 is 65.2 Å². The molecular weight excluding hydrogens is 485 g/mol. The molecule has 9 heteroatoms. The maximum atomic E-state index is 12.5. The van der Waals surface area contributed by atoms with Gasteiger partial charge in [-0.3, -0.25) is 10.1 Å². The Labute approximate surface area is 169 Å². The Morgan fingerprint density at radius 2 is 2.00 bits per heavy atom. The van der Waals surface area contributed by atoms with E-state index < -0.39 is 10.0 Å². The summed E-state index contributed by atoms with van der Waals surface area (Å²) in [7, 11) is -1.98. The number of fused-ring (bicyclic) bond motifs is 1. The van der Waals surface area contributed by atoms with Gasteiger partial charge in [0.1, 0.15) is 0 Å². The number of aromatic nitrogens is 1. The topological polar surface area (TPSA) is 79.4 Å². The van der Waals surface area contributed by atoms with Crippen LogP contribution in [-0.2, 0) is 10.0 Å². The van der Waals surface area contributed by atoms with Gasteiger partial charge in [-0.05, 0) is 52.9 Å². The summed E-state index contributed by atoms with van der Waals surface area (Å²) in [6, 6.07) is 12.1. The number of hydrogen-bond donors (Lipinski definition) is 1. The molecule has 0 saturated carbocycles. The van der Waals surface area contributed by atoms with E-state index in [1.807, 2.05) is 12.1 Å². The molecule has 0 aliphatic carbocycles. The van der Waals surface area contributed by atoms with Crippen molar-refractivity contribution in [3.63, 3.8) is 0 Å². The summed E-state index contributed by atoms with van der Waals surface area (Å²) < 4.78 is 27.7. The van der Waals surface area contributed by atoms with Gasteiger partial charge >= 0.3 is 0 Å². The number of anilines is 1. The predicted octanol–water partition coefficient (Wildman–Crippen LogP) is 3.79. The molecule has 1 N–H and O–H groups in total. The minimum absolute atomic E-state index is 0.216. The van der Waals surface area contributed by atoms with Crippen molar-refractivity contribution in [3.8, 4) is 0 Å². The summed E-state index contributed by atoms with van der Waals surface area (Å²) in [4.78, 5) is 17.0. The summed E-state index contributed by atoms with van der Waals surface area (Å²) in [6.45, 7) is 2.17. The first kappa shape index (κ1) is 19.2. The van der Waals surface area contributed by atoms with Gasteiger partial charge in [0, 0.05) is 17.2 Å². The quantitative estimate of drug-likeness (QED) is 0.540. The molecule has 3 aromatic rings. The number of sulfonamides is 1. The van der Waals surface area contributed by atoms with E-state index >= 15 is 0 Å². The highest BCUT2D eigenvalue weighted by Crippen LogP contribution is 2.29. The fourth-order valence-corrected chi connectivity index (χ4v) is 5.09. The second-order valence-corrected chi connectivity index (χ2v) is 9.74. The van der Waals surface area contributed by atoms with Gasteiger partial charge in [-0.25, -0.2) is 17.7 Å². The second-order valence-electron chi connectivity index (χ2n) is 5.50. The molecular formula is C17H16IN3O3S2. The Morgan fingerprint density at radius 3 is 2.69 bits per heavy atom. The van der Waals surface area contributed by atoms with Crippen molar-refractivity contribution in [1.82, 2.24) is 9.29 Å². The molecule has 1 aromatic heterocycles. The molecule has 0 bridgehead atoms. The van der Waals surface area contributed by atoms with Crippen LogP contribution in [0.15, 0.2) is 47.4 Å². The van der Waals surface area contributed by atoms with Gasteiger partial charge in [-0.2, -0.15) is 0 Å². The zero-order valence-electron chi connectivity index (χ0n) is 14.1. The number of thiazole rings is 1. The molecule has 0 aliphatic heterocycles. The van der Waals surface area contributed by atoms with Crippen molar-refractivity contribution in [2.75, 3.05) is 18.9 Å². The minimum Gasteiger partial charge on any atom is -0.298 e. The number of carbonyl (C=O) groups is 1. The van der Waals surface area contributed by atoms with Crippen LogP contribution in [0.5, 0.6) is 0 Å². The third-order valence-electron chi connectivity index (χ3n) is 3.85. The first-order chi connectivity index (χ1) is 12.3. The third-order valence-corrected chi connectivity index (χ3v) is 7.66. The van der Waals surface area contributed by atoms with Gasteiger partial charge in [0.15, 0.2) is 5.13 Å². The van der Waals surface area contributed by atoms with Gasteiger partial charge in [-0.15, -0.1) is 0 Å². The van der Waals surface area contributed by atoms with Gasteiger partial charge in [0.2, 0.25) is 10.0 Å². The first-order valence-electron chi connectivity index (χ1n) is 7.75. The number of halogens is 1. The normalized spacial score (nSPS) is 11.8. The van der Waals surface area contributed by atoms with E-state index in [9.17, 15) is 13.2 Å². The van der Waals surface area contributed by atoms with Crippen LogP contribution in [0.25, 0.3) is 10.2 Å². The van der Waals surface area contributed by atoms with E-state index in [4.69, 9.17) is 0 Å². The largest absolute Gasteiger partial charge is 0.298 e. The molecule has 0 atom stereocenters. The van der Waals surface area contributed by atoms with Crippen molar-refractivity contribution in [3.05, 3.63) is 51.6 Å². The number of nitrogens with one attached hydrogen (secondary N) is 1. The van der Waals surface area contributed by atoms with E-state index in [1.165, 1.54) is 21.7 Å². The van der Waals surface area contributed by atoms with Gasteiger partial charge < -0.3 is 0 Å². The van der Waals surface area contributed by atoms with Crippen molar-refractivity contribution in [2.24, 2.45) is 0 Å². The van der Waals surface area contributed by atoms with Crippen LogP contribution < -0.4 is 5.32 Å². The van der Waals surface area contributed by atoms with E-state index in [-0.39, 0.29) is 10.8 Å². The van der Waals surface area contributed by atoms with E-state index in [2.05, 4.69) is 32.9 Å². The van der Waals surface area contributed by atoms with Crippen LogP contribution in [0.2, 0.25) is 0 Å². The highest BCUT2D eigenvalue weighted by atomic mass is 127. The molecule has 0 spiro atoms. The van der Waals surface area contributed by atoms with E-state index in [1.54, 1.807) is 38.2 Å². The molecule has 2 aromatic carbocycles. The average Bonchev–Trinajstić information content (AvgIpc) is 3.02. The maximum absolute atomic E-state index is 12.5. The highest BCUT2D eigenvalue weighted by Gasteiger charge is 2.20. The zero-order chi connectivity index (χ0) is 18.9. The Balaban J connectivity index is 1.91. The summed E-state index contributed by atoms with van der Waals surface area (Å²) in [5.74, 6) is -0.243. The van der Waals surface area contributed by atoms with Crippen LogP contribution in [0.3, 0.4) is 0 Å². The first-order valence-corrected chi connectivity index (χ1v) is 11.1. The van der Waals surface area contributed by atoms with Crippen LogP contribution in [0, 0.1) is 3.57 Å². The number of carbonyl (C=O) groups excluding carboxylic acids is 1. The highest BCUT2D eigenvalue weighted by molar-refractivity contribution is 14.1. The fourth-order valence-electron chi connectivity index (χ4n) is 2.28. The molecule has 0 fully saturated rings. The number of rotatable bonds is 5. The molecule has 0 aliphatic rings. The Kier molecular flexibility index (Phi) is 5.61. The summed E-state index contributed by atoms with van der Waals surface area (Å²) in [6.07, 6.45) is 0. The van der Waals surface area contributed by atoms with Gasteiger partial charge in [0.25, 0.3) is 5.91 Å². The molecule has 1 amide bonds. The molecule has 6 nitrogen and oxygen atoms in total. The number of benzene rings is 2. The minimum atomic E-state index is -3.52. The third kappa shape index (κ3) is 3.75. The smallest absolute Gasteiger partial charge is 0.258 e. The lowest BCUT2D eigenvalue weighted by atomic mass is 10.2. The van der Waals surface area contributed by atoms with Gasteiger partial charge in [-0.1, -0.05) is 30.4 Å². The molecule has 26 heavy (non-hydrogen) atoms. The Hall–Kier alpha value is -1.56. The van der Waals surface area contributed by atoms with Crippen molar-refractivity contribution in [1.29, 1.82) is 0 Å². The van der Waals surface area contributed by atoms with E-state index in [0.717, 1.165) is 3.57 Å². The molecule has 1 heterocycles. The van der Waals surface area contributed by atoms with Crippen LogP contribution >= 0.6 is 33.9 Å². The second kappa shape index (κ2) is 7.59. The SMILES string of the molecule is CCN(C)S(=O)(=O)c1ccc2nc(NC(=O)c3ccccc3I)sc2c1.